The Labute approximate surface area is 118 Å². The minimum atomic E-state index is -3.23. The van der Waals surface area contributed by atoms with Gasteiger partial charge in [0, 0.05) is 18.5 Å². The molecule has 0 heterocycles. The molecule has 0 atom stereocenters. The Morgan fingerprint density at radius 3 is 2.35 bits per heavy atom. The van der Waals surface area contributed by atoms with Gasteiger partial charge in [0.2, 0.25) is 0 Å². The highest BCUT2D eigenvalue weighted by molar-refractivity contribution is 7.90. The van der Waals surface area contributed by atoms with E-state index in [1.54, 1.807) is 0 Å². The second kappa shape index (κ2) is 5.41. The molecule has 0 bridgehead atoms. The summed E-state index contributed by atoms with van der Waals surface area (Å²) in [7, 11) is -3.23. The van der Waals surface area contributed by atoms with E-state index in [9.17, 15) is 18.3 Å². The molecule has 1 fully saturated rings. The summed E-state index contributed by atoms with van der Waals surface area (Å²) in [6, 6.07) is 5.49. The number of aliphatic hydroxyl groups is 1. The van der Waals surface area contributed by atoms with Crippen LogP contribution in [0.3, 0.4) is 0 Å². The van der Waals surface area contributed by atoms with E-state index < -0.39 is 21.5 Å². The quantitative estimate of drug-likeness (QED) is 0.776. The van der Waals surface area contributed by atoms with Crippen molar-refractivity contribution >= 4 is 21.6 Å². The Bertz CT molecular complexity index is 591. The predicted octanol–water partition coefficient (Wildman–Crippen LogP) is 1.13. The van der Waals surface area contributed by atoms with E-state index in [0.29, 0.717) is 18.5 Å². The fourth-order valence-corrected chi connectivity index (χ4v) is 2.60. The van der Waals surface area contributed by atoms with Gasteiger partial charge in [-0.25, -0.2) is 13.2 Å². The maximum atomic E-state index is 11.6. The number of urea groups is 1. The Hall–Kier alpha value is -1.60. The highest BCUT2D eigenvalue weighted by Gasteiger charge is 2.34. The van der Waals surface area contributed by atoms with Crippen LogP contribution in [0.1, 0.15) is 19.3 Å². The van der Waals surface area contributed by atoms with Crippen LogP contribution in [0.25, 0.3) is 0 Å². The molecule has 110 valence electrons. The second-order valence-electron chi connectivity index (χ2n) is 5.18. The zero-order valence-corrected chi connectivity index (χ0v) is 12.0. The third-order valence-electron chi connectivity index (χ3n) is 3.40. The zero-order valence-electron chi connectivity index (χ0n) is 11.2. The van der Waals surface area contributed by atoms with Crippen LogP contribution in [-0.4, -0.2) is 38.0 Å². The molecule has 1 aromatic carbocycles. The van der Waals surface area contributed by atoms with Gasteiger partial charge in [0.05, 0.1) is 10.5 Å². The Kier molecular flexibility index (Phi) is 4.01. The molecule has 0 aromatic heterocycles. The van der Waals surface area contributed by atoms with Crippen molar-refractivity contribution < 1.29 is 18.3 Å². The number of hydrogen-bond acceptors (Lipinski definition) is 4. The van der Waals surface area contributed by atoms with Crippen molar-refractivity contribution in [1.29, 1.82) is 0 Å². The van der Waals surface area contributed by atoms with E-state index in [-0.39, 0.29) is 11.4 Å². The number of benzene rings is 1. The summed E-state index contributed by atoms with van der Waals surface area (Å²) < 4.78 is 22.6. The second-order valence-corrected chi connectivity index (χ2v) is 7.20. The molecule has 3 N–H and O–H groups in total. The van der Waals surface area contributed by atoms with Crippen LogP contribution < -0.4 is 10.6 Å². The van der Waals surface area contributed by atoms with Crippen LogP contribution >= 0.6 is 0 Å². The molecule has 7 heteroatoms. The predicted molar refractivity (Wildman–Crippen MR) is 75.4 cm³/mol. The van der Waals surface area contributed by atoms with E-state index >= 15 is 0 Å². The molecule has 0 saturated heterocycles. The third-order valence-corrected chi connectivity index (χ3v) is 4.53. The van der Waals surface area contributed by atoms with Crippen molar-refractivity contribution in [2.24, 2.45) is 0 Å². The molecular weight excluding hydrogens is 280 g/mol. The minimum absolute atomic E-state index is 0.201. The lowest BCUT2D eigenvalue weighted by Gasteiger charge is -2.36. The summed E-state index contributed by atoms with van der Waals surface area (Å²) in [6.45, 7) is 0.222. The van der Waals surface area contributed by atoms with Gasteiger partial charge in [-0.1, -0.05) is 0 Å². The monoisotopic (exact) mass is 298 g/mol. The lowest BCUT2D eigenvalue weighted by Crippen LogP contribution is -2.48. The van der Waals surface area contributed by atoms with Gasteiger partial charge in [0.1, 0.15) is 0 Å². The Morgan fingerprint density at radius 1 is 1.30 bits per heavy atom. The molecule has 1 aromatic rings. The highest BCUT2D eigenvalue weighted by atomic mass is 32.2. The van der Waals surface area contributed by atoms with Gasteiger partial charge in [0.25, 0.3) is 0 Å². The van der Waals surface area contributed by atoms with Gasteiger partial charge < -0.3 is 15.7 Å². The fraction of sp³-hybridized carbons (Fsp3) is 0.462. The smallest absolute Gasteiger partial charge is 0.319 e. The first kappa shape index (κ1) is 14.8. The largest absolute Gasteiger partial charge is 0.388 e. The average molecular weight is 298 g/mol. The fourth-order valence-electron chi connectivity index (χ4n) is 1.97. The summed E-state index contributed by atoms with van der Waals surface area (Å²) >= 11 is 0. The summed E-state index contributed by atoms with van der Waals surface area (Å²) in [4.78, 5) is 11.8. The maximum absolute atomic E-state index is 11.6. The van der Waals surface area contributed by atoms with E-state index in [1.165, 1.54) is 24.3 Å². The van der Waals surface area contributed by atoms with Crippen LogP contribution in [0.4, 0.5) is 10.5 Å². The van der Waals surface area contributed by atoms with Crippen LogP contribution in [0.15, 0.2) is 29.2 Å². The van der Waals surface area contributed by atoms with E-state index in [2.05, 4.69) is 10.6 Å². The minimum Gasteiger partial charge on any atom is -0.388 e. The number of hydrogen-bond donors (Lipinski definition) is 3. The molecule has 1 aliphatic carbocycles. The molecule has 6 nitrogen and oxygen atoms in total. The summed E-state index contributed by atoms with van der Waals surface area (Å²) in [6.07, 6.45) is 3.51. The normalized spacial score (nSPS) is 17.1. The van der Waals surface area contributed by atoms with Gasteiger partial charge in [-0.05, 0) is 43.5 Å². The first-order valence-corrected chi connectivity index (χ1v) is 8.25. The van der Waals surface area contributed by atoms with Crippen LogP contribution in [0.2, 0.25) is 0 Å². The van der Waals surface area contributed by atoms with Crippen LogP contribution in [0, 0.1) is 0 Å². The van der Waals surface area contributed by atoms with Crippen LogP contribution in [-0.2, 0) is 9.84 Å². The Balaban J connectivity index is 1.88. The SMILES string of the molecule is CS(=O)(=O)c1ccc(NC(=O)NCC2(O)CCC2)cc1. The molecule has 20 heavy (non-hydrogen) atoms. The topological polar surface area (TPSA) is 95.5 Å². The first-order valence-electron chi connectivity index (χ1n) is 6.36. The molecule has 0 aliphatic heterocycles. The number of sulfone groups is 1. The van der Waals surface area contributed by atoms with Crippen molar-refractivity contribution in [3.8, 4) is 0 Å². The standard InChI is InChI=1S/C13H18N2O4S/c1-20(18,19)11-5-3-10(4-6-11)15-12(16)14-9-13(17)7-2-8-13/h3-6,17H,2,7-9H2,1H3,(H2,14,15,16). The first-order chi connectivity index (χ1) is 9.28. The molecule has 0 unspecified atom stereocenters. The molecule has 1 aliphatic rings. The van der Waals surface area contributed by atoms with Crippen molar-refractivity contribution in [2.75, 3.05) is 18.1 Å². The van der Waals surface area contributed by atoms with E-state index in [1.807, 2.05) is 0 Å². The number of nitrogens with one attached hydrogen (secondary N) is 2. The molecule has 0 radical (unpaired) electrons. The number of rotatable bonds is 4. The molecule has 2 amide bonds. The number of carbonyl (C=O) groups is 1. The Morgan fingerprint density at radius 2 is 1.90 bits per heavy atom. The lowest BCUT2D eigenvalue weighted by molar-refractivity contribution is -0.0287. The van der Waals surface area contributed by atoms with Gasteiger partial charge in [-0.2, -0.15) is 0 Å². The molecule has 1 saturated carbocycles. The highest BCUT2D eigenvalue weighted by Crippen LogP contribution is 2.30. The van der Waals surface area contributed by atoms with Crippen LogP contribution in [0.5, 0.6) is 0 Å². The van der Waals surface area contributed by atoms with E-state index in [4.69, 9.17) is 0 Å². The van der Waals surface area contributed by atoms with Gasteiger partial charge >= 0.3 is 6.03 Å². The number of anilines is 1. The van der Waals surface area contributed by atoms with Gasteiger partial charge in [-0.15, -0.1) is 0 Å². The van der Waals surface area contributed by atoms with Gasteiger partial charge in [0.15, 0.2) is 9.84 Å². The molecule has 2 rings (SSSR count). The zero-order chi connectivity index (χ0) is 14.8. The van der Waals surface area contributed by atoms with Gasteiger partial charge in [-0.3, -0.25) is 0 Å². The molecular formula is C13H18N2O4S. The van der Waals surface area contributed by atoms with E-state index in [0.717, 1.165) is 12.7 Å². The van der Waals surface area contributed by atoms with Crippen molar-refractivity contribution in [3.63, 3.8) is 0 Å². The summed E-state index contributed by atoms with van der Waals surface area (Å²) in [5.41, 5.74) is -0.271. The van der Waals surface area contributed by atoms with Crippen molar-refractivity contribution in [2.45, 2.75) is 29.8 Å². The summed E-state index contributed by atoms with van der Waals surface area (Å²) in [5.74, 6) is 0. The lowest BCUT2D eigenvalue weighted by atomic mass is 9.80. The number of carbonyl (C=O) groups excluding carboxylic acids is 1. The average Bonchev–Trinajstić information content (AvgIpc) is 2.33. The third kappa shape index (κ3) is 3.71. The van der Waals surface area contributed by atoms with Crippen molar-refractivity contribution in [3.05, 3.63) is 24.3 Å². The maximum Gasteiger partial charge on any atom is 0.319 e. The number of amides is 2. The summed E-state index contributed by atoms with van der Waals surface area (Å²) in [5, 5.41) is 15.0. The van der Waals surface area contributed by atoms with Crippen molar-refractivity contribution in [1.82, 2.24) is 5.32 Å². The molecule has 0 spiro atoms.